The molecule has 0 bridgehead atoms. The fraction of sp³-hybridized carbons (Fsp3) is 0.182. The van der Waals surface area contributed by atoms with Crippen LogP contribution in [-0.2, 0) is 6.42 Å². The van der Waals surface area contributed by atoms with Gasteiger partial charge in [0.1, 0.15) is 5.82 Å². The first-order chi connectivity index (χ1) is 7.27. The van der Waals surface area contributed by atoms with Gasteiger partial charge in [-0.25, -0.2) is 4.39 Å². The Morgan fingerprint density at radius 1 is 1.47 bits per heavy atom. The molecule has 1 unspecified atom stereocenters. The maximum Gasteiger partial charge on any atom is 0.147 e. The molecule has 0 aliphatic carbocycles. The van der Waals surface area contributed by atoms with Crippen molar-refractivity contribution in [2.45, 2.75) is 12.5 Å². The third-order valence-electron chi connectivity index (χ3n) is 2.17. The molecule has 2 aromatic rings. The molecule has 2 aromatic heterocycles. The number of hydrogen-bond acceptors (Lipinski definition) is 3. The molecule has 0 aromatic carbocycles. The van der Waals surface area contributed by atoms with Gasteiger partial charge in [-0.05, 0) is 28.5 Å². The molecule has 1 atom stereocenters. The van der Waals surface area contributed by atoms with Crippen LogP contribution in [0.2, 0.25) is 0 Å². The van der Waals surface area contributed by atoms with Gasteiger partial charge in [0.15, 0.2) is 0 Å². The lowest BCUT2D eigenvalue weighted by Crippen LogP contribution is -2.03. The Morgan fingerprint density at radius 2 is 2.33 bits per heavy atom. The van der Waals surface area contributed by atoms with Crippen molar-refractivity contribution < 1.29 is 9.50 Å². The zero-order valence-electron chi connectivity index (χ0n) is 7.93. The number of aliphatic hydroxyl groups is 1. The van der Waals surface area contributed by atoms with E-state index < -0.39 is 11.9 Å². The van der Waals surface area contributed by atoms with Crippen LogP contribution in [0, 0.1) is 5.82 Å². The number of halogens is 1. The minimum Gasteiger partial charge on any atom is -0.388 e. The first kappa shape index (κ1) is 10.3. The van der Waals surface area contributed by atoms with Crippen molar-refractivity contribution in [3.8, 4) is 0 Å². The van der Waals surface area contributed by atoms with Gasteiger partial charge in [0.05, 0.1) is 12.3 Å². The molecule has 0 aliphatic rings. The van der Waals surface area contributed by atoms with Crippen molar-refractivity contribution in [3.05, 3.63) is 52.2 Å². The first-order valence-electron chi connectivity index (χ1n) is 4.56. The lowest BCUT2D eigenvalue weighted by Gasteiger charge is -2.10. The van der Waals surface area contributed by atoms with Crippen molar-refractivity contribution in [2.24, 2.45) is 0 Å². The number of hydrogen-bond donors (Lipinski definition) is 1. The molecular formula is C11H10FNOS. The maximum absolute atomic E-state index is 13.2. The molecule has 0 spiro atoms. The Bertz CT molecular complexity index is 430. The third-order valence-corrected chi connectivity index (χ3v) is 2.90. The van der Waals surface area contributed by atoms with Gasteiger partial charge in [0.25, 0.3) is 0 Å². The molecule has 0 amide bonds. The van der Waals surface area contributed by atoms with E-state index in [9.17, 15) is 9.50 Å². The van der Waals surface area contributed by atoms with Gasteiger partial charge in [-0.3, -0.25) is 4.98 Å². The standard InChI is InChI=1S/C11H10FNOS/c12-10-6-13-3-1-9(10)11(14)5-8-2-4-15-7-8/h1-4,6-7,11,14H,5H2. The van der Waals surface area contributed by atoms with E-state index in [4.69, 9.17) is 0 Å². The van der Waals surface area contributed by atoms with Crippen molar-refractivity contribution >= 4 is 11.3 Å². The summed E-state index contributed by atoms with van der Waals surface area (Å²) in [6, 6.07) is 3.43. The molecule has 2 heterocycles. The summed E-state index contributed by atoms with van der Waals surface area (Å²) < 4.78 is 13.2. The molecule has 4 heteroatoms. The van der Waals surface area contributed by atoms with E-state index in [1.165, 1.54) is 12.3 Å². The smallest absolute Gasteiger partial charge is 0.147 e. The second-order valence-corrected chi connectivity index (χ2v) is 4.03. The molecule has 0 aliphatic heterocycles. The highest BCUT2D eigenvalue weighted by molar-refractivity contribution is 7.07. The predicted molar refractivity (Wildman–Crippen MR) is 57.2 cm³/mol. The summed E-state index contributed by atoms with van der Waals surface area (Å²) >= 11 is 1.56. The topological polar surface area (TPSA) is 33.1 Å². The number of nitrogens with zero attached hydrogens (tertiary/aromatic N) is 1. The van der Waals surface area contributed by atoms with Crippen LogP contribution >= 0.6 is 11.3 Å². The molecule has 2 nitrogen and oxygen atoms in total. The lowest BCUT2D eigenvalue weighted by molar-refractivity contribution is 0.173. The van der Waals surface area contributed by atoms with Crippen LogP contribution in [0.15, 0.2) is 35.3 Å². The number of rotatable bonds is 3. The van der Waals surface area contributed by atoms with E-state index in [-0.39, 0.29) is 0 Å². The maximum atomic E-state index is 13.2. The Kier molecular flexibility index (Phi) is 3.08. The fourth-order valence-electron chi connectivity index (χ4n) is 1.40. The third kappa shape index (κ3) is 2.40. The van der Waals surface area contributed by atoms with Crippen LogP contribution in [0.3, 0.4) is 0 Å². The Hall–Kier alpha value is -1.26. The summed E-state index contributed by atoms with van der Waals surface area (Å²) in [6.45, 7) is 0. The minimum atomic E-state index is -0.803. The second kappa shape index (κ2) is 4.51. The van der Waals surface area contributed by atoms with Gasteiger partial charge in [-0.2, -0.15) is 11.3 Å². The van der Waals surface area contributed by atoms with Crippen LogP contribution in [-0.4, -0.2) is 10.1 Å². The van der Waals surface area contributed by atoms with E-state index in [1.54, 1.807) is 11.3 Å². The minimum absolute atomic E-state index is 0.302. The van der Waals surface area contributed by atoms with E-state index in [1.807, 2.05) is 16.8 Å². The van der Waals surface area contributed by atoms with Gasteiger partial charge in [0, 0.05) is 18.2 Å². The molecule has 0 fully saturated rings. The summed E-state index contributed by atoms with van der Waals surface area (Å²) in [5.41, 5.74) is 1.32. The van der Waals surface area contributed by atoms with E-state index >= 15 is 0 Å². The summed E-state index contributed by atoms with van der Waals surface area (Å²) in [5, 5.41) is 13.7. The van der Waals surface area contributed by atoms with Crippen molar-refractivity contribution in [2.75, 3.05) is 0 Å². The van der Waals surface area contributed by atoms with E-state index in [0.717, 1.165) is 11.8 Å². The van der Waals surface area contributed by atoms with Gasteiger partial charge in [0.2, 0.25) is 0 Å². The highest BCUT2D eigenvalue weighted by Gasteiger charge is 2.13. The molecule has 78 valence electrons. The quantitative estimate of drug-likeness (QED) is 0.867. The summed E-state index contributed by atoms with van der Waals surface area (Å²) in [5.74, 6) is -0.458. The van der Waals surface area contributed by atoms with Gasteiger partial charge < -0.3 is 5.11 Å². The summed E-state index contributed by atoms with van der Waals surface area (Å²) in [7, 11) is 0. The van der Waals surface area contributed by atoms with Crippen molar-refractivity contribution in [3.63, 3.8) is 0 Å². The van der Waals surface area contributed by atoms with Crippen LogP contribution in [0.4, 0.5) is 4.39 Å². The number of aliphatic hydroxyl groups excluding tert-OH is 1. The lowest BCUT2D eigenvalue weighted by atomic mass is 10.0. The van der Waals surface area contributed by atoms with Crippen molar-refractivity contribution in [1.82, 2.24) is 4.98 Å². The molecule has 1 N–H and O–H groups in total. The molecule has 2 rings (SSSR count). The van der Waals surface area contributed by atoms with E-state index in [0.29, 0.717) is 12.0 Å². The average molecular weight is 223 g/mol. The van der Waals surface area contributed by atoms with Crippen LogP contribution in [0.5, 0.6) is 0 Å². The van der Waals surface area contributed by atoms with Crippen LogP contribution in [0.1, 0.15) is 17.2 Å². The number of thiophene rings is 1. The molecule has 0 radical (unpaired) electrons. The SMILES string of the molecule is OC(Cc1ccsc1)c1ccncc1F. The van der Waals surface area contributed by atoms with Crippen LogP contribution in [0.25, 0.3) is 0 Å². The average Bonchev–Trinajstić information content (AvgIpc) is 2.71. The molecule has 0 saturated carbocycles. The first-order valence-corrected chi connectivity index (χ1v) is 5.50. The summed E-state index contributed by atoms with van der Waals surface area (Å²) in [6.07, 6.45) is 2.23. The van der Waals surface area contributed by atoms with Gasteiger partial charge in [-0.1, -0.05) is 0 Å². The largest absolute Gasteiger partial charge is 0.388 e. The summed E-state index contributed by atoms with van der Waals surface area (Å²) in [4.78, 5) is 3.64. The molecule has 15 heavy (non-hydrogen) atoms. The van der Waals surface area contributed by atoms with E-state index in [2.05, 4.69) is 4.98 Å². The Labute approximate surface area is 91.0 Å². The monoisotopic (exact) mass is 223 g/mol. The molecule has 0 saturated heterocycles. The highest BCUT2D eigenvalue weighted by atomic mass is 32.1. The van der Waals surface area contributed by atoms with Crippen molar-refractivity contribution in [1.29, 1.82) is 0 Å². The molecular weight excluding hydrogens is 213 g/mol. The van der Waals surface area contributed by atoms with Gasteiger partial charge in [-0.15, -0.1) is 0 Å². The predicted octanol–water partition coefficient (Wildman–Crippen LogP) is 2.56. The highest BCUT2D eigenvalue weighted by Crippen LogP contribution is 2.21. The van der Waals surface area contributed by atoms with Crippen LogP contribution < -0.4 is 0 Å². The normalized spacial score (nSPS) is 12.7. The Balaban J connectivity index is 2.15. The van der Waals surface area contributed by atoms with Gasteiger partial charge >= 0.3 is 0 Å². The Morgan fingerprint density at radius 3 is 3.00 bits per heavy atom. The number of pyridine rings is 1. The fourth-order valence-corrected chi connectivity index (χ4v) is 2.08. The zero-order chi connectivity index (χ0) is 10.7. The second-order valence-electron chi connectivity index (χ2n) is 3.25. The number of aromatic nitrogens is 1. The zero-order valence-corrected chi connectivity index (χ0v) is 8.75.